The summed E-state index contributed by atoms with van der Waals surface area (Å²) in [5.41, 5.74) is 2.34. The van der Waals surface area contributed by atoms with E-state index < -0.39 is 0 Å². The fourth-order valence-corrected chi connectivity index (χ4v) is 4.18. The van der Waals surface area contributed by atoms with Crippen LogP contribution >= 0.6 is 0 Å². The lowest BCUT2D eigenvalue weighted by Crippen LogP contribution is -2.48. The first kappa shape index (κ1) is 16.0. The minimum Gasteiger partial charge on any atom is -0.365 e. The van der Waals surface area contributed by atoms with E-state index in [1.54, 1.807) is 19.1 Å². The number of aryl methyl sites for hydroxylation is 1. The molecule has 1 aliphatic carbocycles. The summed E-state index contributed by atoms with van der Waals surface area (Å²) in [5, 5.41) is 11.0. The molecule has 0 aromatic heterocycles. The maximum Gasteiger partial charge on any atom is 0.269 e. The van der Waals surface area contributed by atoms with Crippen molar-refractivity contribution in [3.63, 3.8) is 0 Å². The Morgan fingerprint density at radius 3 is 2.65 bits per heavy atom. The fourth-order valence-electron chi connectivity index (χ4n) is 4.18. The number of ketones is 1. The molecule has 1 atom stereocenters. The molecule has 0 spiro atoms. The second kappa shape index (κ2) is 6.69. The number of nitro groups is 1. The molecule has 23 heavy (non-hydrogen) atoms. The minimum absolute atomic E-state index is 0.164. The third-order valence-corrected chi connectivity index (χ3v) is 5.18. The number of rotatable bonds is 4. The van der Waals surface area contributed by atoms with Gasteiger partial charge in [0.25, 0.3) is 5.69 Å². The van der Waals surface area contributed by atoms with Crippen LogP contribution in [0.25, 0.3) is 0 Å². The number of non-ortho nitro benzene ring substituents is 1. The minimum atomic E-state index is -0.327. The highest BCUT2D eigenvalue weighted by Crippen LogP contribution is 2.39. The van der Waals surface area contributed by atoms with Crippen molar-refractivity contribution < 1.29 is 9.72 Å². The highest BCUT2D eigenvalue weighted by Gasteiger charge is 2.33. The second-order valence-electron chi connectivity index (χ2n) is 6.87. The monoisotopic (exact) mass is 316 g/mol. The number of hydrogen-bond acceptors (Lipinski definition) is 4. The van der Waals surface area contributed by atoms with Gasteiger partial charge in [0.15, 0.2) is 0 Å². The first-order chi connectivity index (χ1) is 11.1. The van der Waals surface area contributed by atoms with Gasteiger partial charge < -0.3 is 4.90 Å². The average molecular weight is 316 g/mol. The van der Waals surface area contributed by atoms with Gasteiger partial charge in [-0.2, -0.15) is 0 Å². The Morgan fingerprint density at radius 2 is 2.00 bits per heavy atom. The summed E-state index contributed by atoms with van der Waals surface area (Å²) < 4.78 is 0. The fraction of sp³-hybridized carbons (Fsp3) is 0.611. The number of nitro benzene ring substituents is 1. The molecule has 5 nitrogen and oxygen atoms in total. The van der Waals surface area contributed by atoms with Crippen molar-refractivity contribution >= 4 is 17.2 Å². The lowest BCUT2D eigenvalue weighted by atomic mass is 9.86. The Bertz CT molecular complexity index is 608. The van der Waals surface area contributed by atoms with Gasteiger partial charge in [-0.15, -0.1) is 0 Å². The average Bonchev–Trinajstić information content (AvgIpc) is 2.54. The predicted octanol–water partition coefficient (Wildman–Crippen LogP) is 4.03. The molecule has 0 amide bonds. The number of Topliss-reactive ketones (excluding diaryl/α,β-unsaturated/α-hetero) is 1. The number of carbonyl (C=O) groups is 1. The largest absolute Gasteiger partial charge is 0.365 e. The summed E-state index contributed by atoms with van der Waals surface area (Å²) in [5.74, 6) is 0.223. The summed E-state index contributed by atoms with van der Waals surface area (Å²) in [6, 6.07) is 5.92. The van der Waals surface area contributed by atoms with E-state index in [1.165, 1.54) is 19.3 Å². The van der Waals surface area contributed by atoms with Crippen molar-refractivity contribution in [2.45, 2.75) is 70.4 Å². The molecule has 0 bridgehead atoms. The normalized spacial score (nSPS) is 21.8. The number of anilines is 1. The SMILES string of the molecule is CC(=O)C[C@@H]1CCc2cc([N+](=O)[O-])ccc2N1C1CCCCC1. The van der Waals surface area contributed by atoms with Crippen molar-refractivity contribution in [2.75, 3.05) is 4.90 Å². The van der Waals surface area contributed by atoms with Gasteiger partial charge >= 0.3 is 0 Å². The van der Waals surface area contributed by atoms with Crippen LogP contribution < -0.4 is 4.90 Å². The molecular weight excluding hydrogens is 292 g/mol. The van der Waals surface area contributed by atoms with Crippen molar-refractivity contribution in [2.24, 2.45) is 0 Å². The van der Waals surface area contributed by atoms with Crippen LogP contribution in [0.15, 0.2) is 18.2 Å². The zero-order chi connectivity index (χ0) is 16.4. The Balaban J connectivity index is 1.95. The van der Waals surface area contributed by atoms with Crippen LogP contribution in [0.2, 0.25) is 0 Å². The first-order valence-electron chi connectivity index (χ1n) is 8.61. The van der Waals surface area contributed by atoms with Crippen molar-refractivity contribution in [3.05, 3.63) is 33.9 Å². The molecular formula is C18H24N2O3. The van der Waals surface area contributed by atoms with E-state index in [9.17, 15) is 14.9 Å². The van der Waals surface area contributed by atoms with Gasteiger partial charge in [-0.05, 0) is 44.2 Å². The quantitative estimate of drug-likeness (QED) is 0.621. The third kappa shape index (κ3) is 3.38. The number of carbonyl (C=O) groups excluding carboxylic acids is 1. The molecule has 0 N–H and O–H groups in total. The maximum absolute atomic E-state index is 11.7. The van der Waals surface area contributed by atoms with Crippen molar-refractivity contribution in [1.29, 1.82) is 0 Å². The topological polar surface area (TPSA) is 63.4 Å². The molecule has 5 heteroatoms. The summed E-state index contributed by atoms with van der Waals surface area (Å²) in [4.78, 5) is 24.8. The smallest absolute Gasteiger partial charge is 0.269 e. The lowest BCUT2D eigenvalue weighted by molar-refractivity contribution is -0.384. The zero-order valence-corrected chi connectivity index (χ0v) is 13.7. The molecule has 1 fully saturated rings. The van der Waals surface area contributed by atoms with E-state index in [4.69, 9.17) is 0 Å². The first-order valence-corrected chi connectivity index (χ1v) is 8.61. The maximum atomic E-state index is 11.7. The molecule has 0 unspecified atom stereocenters. The lowest BCUT2D eigenvalue weighted by Gasteiger charge is -2.45. The molecule has 1 aromatic carbocycles. The van der Waals surface area contributed by atoms with Gasteiger partial charge in [0.1, 0.15) is 5.78 Å². The number of fused-ring (bicyclic) bond motifs is 1. The van der Waals surface area contributed by atoms with E-state index in [1.807, 2.05) is 6.07 Å². The number of hydrogen-bond donors (Lipinski definition) is 0. The van der Waals surface area contributed by atoms with E-state index >= 15 is 0 Å². The third-order valence-electron chi connectivity index (χ3n) is 5.18. The van der Waals surface area contributed by atoms with E-state index in [0.717, 1.165) is 36.9 Å². The Hall–Kier alpha value is -1.91. The second-order valence-corrected chi connectivity index (χ2v) is 6.87. The van der Waals surface area contributed by atoms with Crippen LogP contribution in [0.4, 0.5) is 11.4 Å². The summed E-state index contributed by atoms with van der Waals surface area (Å²) >= 11 is 0. The van der Waals surface area contributed by atoms with Crippen LogP contribution in [0.3, 0.4) is 0 Å². The zero-order valence-electron chi connectivity index (χ0n) is 13.7. The predicted molar refractivity (Wildman–Crippen MR) is 89.9 cm³/mol. The highest BCUT2D eigenvalue weighted by atomic mass is 16.6. The van der Waals surface area contributed by atoms with Crippen molar-refractivity contribution in [1.82, 2.24) is 0 Å². The summed E-state index contributed by atoms with van der Waals surface area (Å²) in [6.45, 7) is 1.66. The molecule has 1 heterocycles. The van der Waals surface area contributed by atoms with Gasteiger partial charge in [-0.3, -0.25) is 14.9 Å². The Kier molecular flexibility index (Phi) is 4.64. The standard InChI is InChI=1S/C18H24N2O3/c1-13(21)11-16-8-7-14-12-17(20(22)23)9-10-18(14)19(16)15-5-3-2-4-6-15/h9-10,12,15-16H,2-8,11H2,1H3/t16-/m0/s1. The number of benzene rings is 1. The molecule has 0 saturated heterocycles. The van der Waals surface area contributed by atoms with Crippen LogP contribution in [-0.4, -0.2) is 22.8 Å². The van der Waals surface area contributed by atoms with E-state index in [0.29, 0.717) is 12.5 Å². The molecule has 3 rings (SSSR count). The van der Waals surface area contributed by atoms with Crippen LogP contribution in [0.1, 0.15) is 57.4 Å². The van der Waals surface area contributed by atoms with Crippen LogP contribution in [0.5, 0.6) is 0 Å². The molecule has 0 radical (unpaired) electrons. The molecule has 124 valence electrons. The van der Waals surface area contributed by atoms with Gasteiger partial charge in [-0.25, -0.2) is 0 Å². The Morgan fingerprint density at radius 1 is 1.26 bits per heavy atom. The van der Waals surface area contributed by atoms with Gasteiger partial charge in [-0.1, -0.05) is 19.3 Å². The molecule has 1 aliphatic heterocycles. The van der Waals surface area contributed by atoms with E-state index in [-0.39, 0.29) is 22.4 Å². The molecule has 1 aromatic rings. The van der Waals surface area contributed by atoms with Gasteiger partial charge in [0, 0.05) is 36.3 Å². The van der Waals surface area contributed by atoms with Gasteiger partial charge in [0.05, 0.1) is 4.92 Å². The van der Waals surface area contributed by atoms with Crippen LogP contribution in [-0.2, 0) is 11.2 Å². The van der Waals surface area contributed by atoms with Gasteiger partial charge in [0.2, 0.25) is 0 Å². The molecule has 2 aliphatic rings. The number of nitrogens with zero attached hydrogens (tertiary/aromatic N) is 2. The summed E-state index contributed by atoms with van der Waals surface area (Å²) in [7, 11) is 0. The molecule has 1 saturated carbocycles. The van der Waals surface area contributed by atoms with E-state index in [2.05, 4.69) is 4.90 Å². The van der Waals surface area contributed by atoms with Crippen molar-refractivity contribution in [3.8, 4) is 0 Å². The summed E-state index contributed by atoms with van der Waals surface area (Å²) in [6.07, 6.45) is 8.37. The highest BCUT2D eigenvalue weighted by molar-refractivity contribution is 5.77. The Labute approximate surface area is 136 Å². The van der Waals surface area contributed by atoms with Crippen LogP contribution in [0, 0.1) is 10.1 Å².